The van der Waals surface area contributed by atoms with Gasteiger partial charge in [0.25, 0.3) is 5.69 Å². The fourth-order valence-electron chi connectivity index (χ4n) is 4.64. The molecule has 0 spiro atoms. The van der Waals surface area contributed by atoms with Gasteiger partial charge in [0.15, 0.2) is 0 Å². The molecule has 2 aliphatic rings. The molecule has 1 saturated carbocycles. The number of hydrogen-bond donors (Lipinski definition) is 1. The molecular formula is C23H28ClN3O4. The Kier molecular flexibility index (Phi) is 6.92. The van der Waals surface area contributed by atoms with Crippen molar-refractivity contribution in [2.75, 3.05) is 13.1 Å². The Bertz CT molecular complexity index is 931. The fourth-order valence-corrected chi connectivity index (χ4v) is 4.80. The van der Waals surface area contributed by atoms with Crippen LogP contribution in [0.1, 0.15) is 50.7 Å². The number of nitrogens with one attached hydrogen (secondary N) is 1. The standard InChI is InChI=1S/C23H28ClN3O4/c24-17-6-8-20(21(14-17)27(29)30)22-9-7-19(31-22)15-25-18-10-12-26(13-11-18)23(28)16-4-2-1-3-5-16/h6-9,14,16,18,25H,1-5,10-13,15H2. The average molecular weight is 446 g/mol. The SMILES string of the molecule is O=C(C1CCCCC1)N1CCC(NCc2ccc(-c3ccc(Cl)cc3[N+](=O)[O-])o2)CC1. The van der Waals surface area contributed by atoms with Crippen LogP contribution in [0, 0.1) is 16.0 Å². The summed E-state index contributed by atoms with van der Waals surface area (Å²) in [5, 5.41) is 15.1. The molecule has 1 aromatic carbocycles. The lowest BCUT2D eigenvalue weighted by Crippen LogP contribution is -2.46. The van der Waals surface area contributed by atoms with Crippen molar-refractivity contribution in [1.29, 1.82) is 0 Å². The number of hydrogen-bond acceptors (Lipinski definition) is 5. The zero-order valence-electron chi connectivity index (χ0n) is 17.5. The Morgan fingerprint density at radius 2 is 1.87 bits per heavy atom. The van der Waals surface area contributed by atoms with E-state index < -0.39 is 4.92 Å². The molecule has 7 nitrogen and oxygen atoms in total. The number of benzene rings is 1. The van der Waals surface area contributed by atoms with Gasteiger partial charge in [0.1, 0.15) is 11.5 Å². The summed E-state index contributed by atoms with van der Waals surface area (Å²) in [5.41, 5.74) is 0.339. The van der Waals surface area contributed by atoms with Gasteiger partial charge in [-0.15, -0.1) is 0 Å². The van der Waals surface area contributed by atoms with Crippen LogP contribution in [0.4, 0.5) is 5.69 Å². The summed E-state index contributed by atoms with van der Waals surface area (Å²) in [6, 6.07) is 8.47. The van der Waals surface area contributed by atoms with Crippen molar-refractivity contribution in [2.24, 2.45) is 5.92 Å². The Morgan fingerprint density at radius 3 is 2.58 bits per heavy atom. The van der Waals surface area contributed by atoms with Gasteiger partial charge in [-0.05, 0) is 49.9 Å². The lowest BCUT2D eigenvalue weighted by molar-refractivity contribution is -0.384. The molecule has 1 saturated heterocycles. The van der Waals surface area contributed by atoms with Gasteiger partial charge in [-0.2, -0.15) is 0 Å². The van der Waals surface area contributed by atoms with E-state index in [-0.39, 0.29) is 11.6 Å². The summed E-state index contributed by atoms with van der Waals surface area (Å²) in [6.07, 6.45) is 7.56. The number of amides is 1. The summed E-state index contributed by atoms with van der Waals surface area (Å²) in [5.74, 6) is 1.75. The maximum absolute atomic E-state index is 12.7. The minimum Gasteiger partial charge on any atom is -0.459 e. The van der Waals surface area contributed by atoms with Crippen molar-refractivity contribution >= 4 is 23.2 Å². The third kappa shape index (κ3) is 5.28. The van der Waals surface area contributed by atoms with Crippen LogP contribution in [0.25, 0.3) is 11.3 Å². The van der Waals surface area contributed by atoms with E-state index in [2.05, 4.69) is 5.32 Å². The van der Waals surface area contributed by atoms with Crippen LogP contribution in [-0.2, 0) is 11.3 Å². The molecule has 2 aromatic rings. The first-order chi connectivity index (χ1) is 15.0. The first kappa shape index (κ1) is 21.8. The lowest BCUT2D eigenvalue weighted by Gasteiger charge is -2.35. The molecule has 4 rings (SSSR count). The molecule has 1 aliphatic carbocycles. The second-order valence-corrected chi connectivity index (χ2v) is 8.94. The highest BCUT2D eigenvalue weighted by molar-refractivity contribution is 6.30. The van der Waals surface area contributed by atoms with Crippen molar-refractivity contribution in [1.82, 2.24) is 10.2 Å². The van der Waals surface area contributed by atoms with Gasteiger partial charge < -0.3 is 14.6 Å². The zero-order chi connectivity index (χ0) is 21.8. The number of rotatable bonds is 6. The molecule has 1 aromatic heterocycles. The number of likely N-dealkylation sites (tertiary alicyclic amines) is 1. The van der Waals surface area contributed by atoms with E-state index in [1.165, 1.54) is 25.3 Å². The van der Waals surface area contributed by atoms with Gasteiger partial charge in [0.2, 0.25) is 5.91 Å². The minimum absolute atomic E-state index is 0.0728. The Morgan fingerprint density at radius 1 is 1.13 bits per heavy atom. The number of nitro groups is 1. The third-order valence-electron chi connectivity index (χ3n) is 6.41. The second-order valence-electron chi connectivity index (χ2n) is 8.50. The monoisotopic (exact) mass is 445 g/mol. The molecule has 8 heteroatoms. The van der Waals surface area contributed by atoms with Crippen molar-refractivity contribution < 1.29 is 14.1 Å². The minimum atomic E-state index is -0.454. The molecule has 0 unspecified atom stereocenters. The van der Waals surface area contributed by atoms with Gasteiger partial charge in [0.05, 0.1) is 17.0 Å². The van der Waals surface area contributed by atoms with Crippen molar-refractivity contribution in [2.45, 2.75) is 57.5 Å². The molecule has 1 N–H and O–H groups in total. The Labute approximate surface area is 186 Å². The number of nitro benzene ring substituents is 1. The van der Waals surface area contributed by atoms with Crippen LogP contribution in [0.15, 0.2) is 34.7 Å². The van der Waals surface area contributed by atoms with Crippen molar-refractivity contribution in [3.8, 4) is 11.3 Å². The number of piperidine rings is 1. The predicted molar refractivity (Wildman–Crippen MR) is 119 cm³/mol. The number of carbonyl (C=O) groups is 1. The highest BCUT2D eigenvalue weighted by Crippen LogP contribution is 2.33. The van der Waals surface area contributed by atoms with Crippen LogP contribution in [0.2, 0.25) is 5.02 Å². The van der Waals surface area contributed by atoms with E-state index in [9.17, 15) is 14.9 Å². The number of nitrogens with zero attached hydrogens (tertiary/aromatic N) is 2. The van der Waals surface area contributed by atoms with Gasteiger partial charge in [-0.3, -0.25) is 14.9 Å². The molecular weight excluding hydrogens is 418 g/mol. The number of carbonyl (C=O) groups excluding carboxylic acids is 1. The molecule has 0 radical (unpaired) electrons. The smallest absolute Gasteiger partial charge is 0.281 e. The van der Waals surface area contributed by atoms with Crippen LogP contribution in [-0.4, -0.2) is 34.9 Å². The summed E-state index contributed by atoms with van der Waals surface area (Å²) >= 11 is 5.89. The van der Waals surface area contributed by atoms with Crippen LogP contribution in [0.3, 0.4) is 0 Å². The molecule has 2 fully saturated rings. The maximum Gasteiger partial charge on any atom is 0.281 e. The molecule has 2 heterocycles. The van der Waals surface area contributed by atoms with E-state index in [0.717, 1.165) is 44.5 Å². The predicted octanol–water partition coefficient (Wildman–Crippen LogP) is 5.17. The van der Waals surface area contributed by atoms with E-state index in [1.807, 2.05) is 11.0 Å². The maximum atomic E-state index is 12.7. The molecule has 0 bridgehead atoms. The van der Waals surface area contributed by atoms with Gasteiger partial charge in [-0.1, -0.05) is 30.9 Å². The van der Waals surface area contributed by atoms with E-state index in [0.29, 0.717) is 34.8 Å². The van der Waals surface area contributed by atoms with Gasteiger partial charge in [0, 0.05) is 36.1 Å². The number of halogens is 1. The van der Waals surface area contributed by atoms with Crippen LogP contribution >= 0.6 is 11.6 Å². The van der Waals surface area contributed by atoms with Gasteiger partial charge >= 0.3 is 0 Å². The Hall–Kier alpha value is -2.38. The highest BCUT2D eigenvalue weighted by atomic mass is 35.5. The first-order valence-electron chi connectivity index (χ1n) is 11.1. The largest absolute Gasteiger partial charge is 0.459 e. The number of furan rings is 1. The van der Waals surface area contributed by atoms with Crippen LogP contribution < -0.4 is 5.32 Å². The Balaban J connectivity index is 1.29. The van der Waals surface area contributed by atoms with Gasteiger partial charge in [-0.25, -0.2) is 0 Å². The summed E-state index contributed by atoms with van der Waals surface area (Å²) < 4.78 is 5.86. The molecule has 31 heavy (non-hydrogen) atoms. The van der Waals surface area contributed by atoms with E-state index in [4.69, 9.17) is 16.0 Å². The summed E-state index contributed by atoms with van der Waals surface area (Å²) in [4.78, 5) is 25.6. The quantitative estimate of drug-likeness (QED) is 0.489. The van der Waals surface area contributed by atoms with E-state index >= 15 is 0 Å². The highest BCUT2D eigenvalue weighted by Gasteiger charge is 2.29. The van der Waals surface area contributed by atoms with Crippen LogP contribution in [0.5, 0.6) is 0 Å². The average Bonchev–Trinajstić information content (AvgIpc) is 3.27. The fraction of sp³-hybridized carbons (Fsp3) is 0.522. The second kappa shape index (κ2) is 9.83. The molecule has 1 aliphatic heterocycles. The summed E-state index contributed by atoms with van der Waals surface area (Å²) in [6.45, 7) is 2.14. The molecule has 1 amide bonds. The van der Waals surface area contributed by atoms with Crippen molar-refractivity contribution in [3.05, 3.63) is 51.2 Å². The first-order valence-corrected chi connectivity index (χ1v) is 11.4. The summed E-state index contributed by atoms with van der Waals surface area (Å²) in [7, 11) is 0. The third-order valence-corrected chi connectivity index (χ3v) is 6.64. The lowest BCUT2D eigenvalue weighted by atomic mass is 9.87. The van der Waals surface area contributed by atoms with Crippen molar-refractivity contribution in [3.63, 3.8) is 0 Å². The zero-order valence-corrected chi connectivity index (χ0v) is 18.3. The topological polar surface area (TPSA) is 88.6 Å². The normalized spacial score (nSPS) is 18.3. The van der Waals surface area contributed by atoms with E-state index in [1.54, 1.807) is 18.2 Å². The molecule has 166 valence electrons. The molecule has 0 atom stereocenters.